The van der Waals surface area contributed by atoms with E-state index in [1.54, 1.807) is 10.9 Å². The number of aromatic nitrogens is 8. The lowest BCUT2D eigenvalue weighted by atomic mass is 9.96. The zero-order valence-corrected chi connectivity index (χ0v) is 15.9. The number of fused-ring (bicyclic) bond motifs is 1. The van der Waals surface area contributed by atoms with Gasteiger partial charge in [0.25, 0.3) is 0 Å². The summed E-state index contributed by atoms with van der Waals surface area (Å²) in [5.74, 6) is 2.10. The van der Waals surface area contributed by atoms with Gasteiger partial charge in [0.2, 0.25) is 0 Å². The van der Waals surface area contributed by atoms with E-state index in [1.807, 2.05) is 46.8 Å². The largest absolute Gasteiger partial charge is 0.303 e. The third kappa shape index (κ3) is 3.18. The lowest BCUT2D eigenvalue weighted by Crippen LogP contribution is -2.35. The first kappa shape index (κ1) is 17.1. The van der Waals surface area contributed by atoms with Crippen molar-refractivity contribution in [2.24, 2.45) is 7.05 Å². The fourth-order valence-electron chi connectivity index (χ4n) is 3.91. The quantitative estimate of drug-likeness (QED) is 0.524. The van der Waals surface area contributed by atoms with E-state index in [-0.39, 0.29) is 0 Å². The molecule has 0 spiro atoms. The summed E-state index contributed by atoms with van der Waals surface area (Å²) in [6, 6.07) is 7.85. The number of aryl methyl sites for hydroxylation is 1. The number of piperidine rings is 1. The first-order valence-corrected chi connectivity index (χ1v) is 9.69. The molecule has 4 aromatic heterocycles. The van der Waals surface area contributed by atoms with Gasteiger partial charge in [0.1, 0.15) is 0 Å². The Morgan fingerprint density at radius 1 is 1.04 bits per heavy atom. The Morgan fingerprint density at radius 3 is 2.68 bits per heavy atom. The van der Waals surface area contributed by atoms with Gasteiger partial charge in [0, 0.05) is 50.2 Å². The van der Waals surface area contributed by atoms with E-state index in [4.69, 9.17) is 5.10 Å². The second-order valence-corrected chi connectivity index (χ2v) is 7.28. The Morgan fingerprint density at radius 2 is 1.93 bits per heavy atom. The van der Waals surface area contributed by atoms with Crippen molar-refractivity contribution < 1.29 is 0 Å². The maximum Gasteiger partial charge on any atom is 0.178 e. The van der Waals surface area contributed by atoms with E-state index < -0.39 is 0 Å². The summed E-state index contributed by atoms with van der Waals surface area (Å²) in [6.07, 6.45) is 8.67. The van der Waals surface area contributed by atoms with Crippen LogP contribution in [0.1, 0.15) is 30.3 Å². The van der Waals surface area contributed by atoms with Crippen molar-refractivity contribution >= 4 is 5.65 Å². The van der Waals surface area contributed by atoms with Crippen LogP contribution in [-0.4, -0.2) is 63.9 Å². The van der Waals surface area contributed by atoms with Crippen LogP contribution in [0.3, 0.4) is 0 Å². The second-order valence-electron chi connectivity index (χ2n) is 7.28. The number of hydrogen-bond donors (Lipinski definition) is 0. The normalized spacial score (nSPS) is 16.2. The molecule has 5 rings (SSSR count). The van der Waals surface area contributed by atoms with Crippen LogP contribution >= 0.6 is 0 Å². The average Bonchev–Trinajstić information content (AvgIpc) is 3.47. The molecule has 1 fully saturated rings. The first-order valence-electron chi connectivity index (χ1n) is 9.69. The van der Waals surface area contributed by atoms with Crippen molar-refractivity contribution in [3.05, 3.63) is 54.4 Å². The first-order chi connectivity index (χ1) is 13.8. The van der Waals surface area contributed by atoms with E-state index >= 15 is 0 Å². The van der Waals surface area contributed by atoms with Crippen molar-refractivity contribution in [3.8, 4) is 5.82 Å². The van der Waals surface area contributed by atoms with Crippen LogP contribution in [0.4, 0.5) is 0 Å². The molecule has 0 aromatic carbocycles. The highest BCUT2D eigenvalue weighted by molar-refractivity contribution is 5.39. The van der Waals surface area contributed by atoms with Crippen LogP contribution in [0.2, 0.25) is 0 Å². The Kier molecular flexibility index (Phi) is 4.36. The summed E-state index contributed by atoms with van der Waals surface area (Å²) in [7, 11) is 2.00. The molecule has 0 saturated carbocycles. The molecule has 4 aromatic rings. The summed E-state index contributed by atoms with van der Waals surface area (Å²) >= 11 is 0. The van der Waals surface area contributed by atoms with Gasteiger partial charge < -0.3 is 4.90 Å². The van der Waals surface area contributed by atoms with Gasteiger partial charge in [0.05, 0.1) is 0 Å². The SMILES string of the molecule is Cn1nccc1CCN1CCC(c2nnc3ccc(-n4cccn4)nn23)CC1. The van der Waals surface area contributed by atoms with Gasteiger partial charge >= 0.3 is 0 Å². The van der Waals surface area contributed by atoms with Crippen LogP contribution < -0.4 is 0 Å². The summed E-state index contributed by atoms with van der Waals surface area (Å²) in [6.45, 7) is 3.20. The zero-order chi connectivity index (χ0) is 18.9. The van der Waals surface area contributed by atoms with Crippen molar-refractivity contribution in [2.75, 3.05) is 19.6 Å². The number of likely N-dealkylation sites (tertiary alicyclic amines) is 1. The summed E-state index contributed by atoms with van der Waals surface area (Å²) in [4.78, 5) is 2.52. The van der Waals surface area contributed by atoms with E-state index in [0.29, 0.717) is 5.92 Å². The highest BCUT2D eigenvalue weighted by atomic mass is 15.4. The summed E-state index contributed by atoms with van der Waals surface area (Å²) in [5, 5.41) is 22.0. The number of nitrogens with zero attached hydrogens (tertiary/aromatic N) is 9. The third-order valence-electron chi connectivity index (χ3n) is 5.57. The molecule has 0 N–H and O–H groups in total. The molecule has 1 aliphatic heterocycles. The smallest absolute Gasteiger partial charge is 0.178 e. The Labute approximate surface area is 162 Å². The molecule has 0 aliphatic carbocycles. The monoisotopic (exact) mass is 377 g/mol. The van der Waals surface area contributed by atoms with Crippen LogP contribution in [0.25, 0.3) is 11.5 Å². The van der Waals surface area contributed by atoms with Gasteiger partial charge in [0.15, 0.2) is 17.3 Å². The molecule has 28 heavy (non-hydrogen) atoms. The molecule has 0 bridgehead atoms. The molecule has 0 amide bonds. The predicted octanol–water partition coefficient (Wildman–Crippen LogP) is 1.47. The van der Waals surface area contributed by atoms with Gasteiger partial charge in [-0.2, -0.15) is 14.7 Å². The maximum atomic E-state index is 4.72. The van der Waals surface area contributed by atoms with E-state index in [2.05, 4.69) is 31.4 Å². The lowest BCUT2D eigenvalue weighted by Gasteiger charge is -2.30. The van der Waals surface area contributed by atoms with Crippen LogP contribution in [0.15, 0.2) is 42.9 Å². The van der Waals surface area contributed by atoms with Crippen LogP contribution in [0, 0.1) is 0 Å². The fraction of sp³-hybridized carbons (Fsp3) is 0.421. The predicted molar refractivity (Wildman–Crippen MR) is 103 cm³/mol. The van der Waals surface area contributed by atoms with Crippen molar-refractivity contribution in [3.63, 3.8) is 0 Å². The number of hydrogen-bond acceptors (Lipinski definition) is 6. The third-order valence-corrected chi connectivity index (χ3v) is 5.57. The molecule has 0 unspecified atom stereocenters. The molecule has 144 valence electrons. The summed E-state index contributed by atoms with van der Waals surface area (Å²) < 4.78 is 5.59. The minimum absolute atomic E-state index is 0.378. The molecular formula is C19H23N9. The minimum Gasteiger partial charge on any atom is -0.303 e. The maximum absolute atomic E-state index is 4.72. The average molecular weight is 377 g/mol. The van der Waals surface area contributed by atoms with E-state index in [1.165, 1.54) is 5.69 Å². The Bertz CT molecular complexity index is 1050. The van der Waals surface area contributed by atoms with Gasteiger partial charge in [-0.25, -0.2) is 4.68 Å². The van der Waals surface area contributed by atoms with Crippen LogP contribution in [0.5, 0.6) is 0 Å². The molecule has 9 nitrogen and oxygen atoms in total. The Balaban J connectivity index is 1.28. The molecule has 9 heteroatoms. The van der Waals surface area contributed by atoms with Crippen molar-refractivity contribution in [1.82, 2.24) is 44.3 Å². The molecule has 5 heterocycles. The van der Waals surface area contributed by atoms with Gasteiger partial charge in [-0.15, -0.1) is 15.3 Å². The Hall–Kier alpha value is -3.07. The topological polar surface area (TPSA) is 82.0 Å². The van der Waals surface area contributed by atoms with Gasteiger partial charge in [-0.1, -0.05) is 0 Å². The second kappa shape index (κ2) is 7.16. The van der Waals surface area contributed by atoms with E-state index in [0.717, 1.165) is 56.2 Å². The zero-order valence-electron chi connectivity index (χ0n) is 15.9. The molecule has 1 aliphatic rings. The molecular weight excluding hydrogens is 354 g/mol. The van der Waals surface area contributed by atoms with Crippen LogP contribution in [-0.2, 0) is 13.5 Å². The van der Waals surface area contributed by atoms with Crippen molar-refractivity contribution in [1.29, 1.82) is 0 Å². The van der Waals surface area contributed by atoms with Crippen molar-refractivity contribution in [2.45, 2.75) is 25.2 Å². The van der Waals surface area contributed by atoms with Gasteiger partial charge in [-0.05, 0) is 50.2 Å². The molecule has 1 saturated heterocycles. The molecule has 0 radical (unpaired) electrons. The fourth-order valence-corrected chi connectivity index (χ4v) is 3.91. The highest BCUT2D eigenvalue weighted by Gasteiger charge is 2.25. The standard InChI is InChI=1S/C19H23N9/c1-25-16(5-10-20-25)8-14-26-12-6-15(7-13-26)19-23-22-17-3-4-18(24-28(17)19)27-11-2-9-21-27/h2-5,9-11,15H,6-8,12-14H2,1H3. The van der Waals surface area contributed by atoms with E-state index in [9.17, 15) is 0 Å². The minimum atomic E-state index is 0.378. The van der Waals surface area contributed by atoms with Gasteiger partial charge in [-0.3, -0.25) is 4.68 Å². The molecule has 0 atom stereocenters. The lowest BCUT2D eigenvalue weighted by molar-refractivity contribution is 0.209. The summed E-state index contributed by atoms with van der Waals surface area (Å²) in [5.41, 5.74) is 2.06. The number of rotatable bonds is 5. The highest BCUT2D eigenvalue weighted by Crippen LogP contribution is 2.27.